The molecule has 0 saturated heterocycles. The molecule has 0 aliphatic heterocycles. The predicted molar refractivity (Wildman–Crippen MR) is 228 cm³/mol. The average molecular weight is 732 g/mol. The Kier molecular flexibility index (Phi) is 6.76. The molecular formula is C49H29N7O. The largest absolute Gasteiger partial charge is 0.454 e. The zero-order chi connectivity index (χ0) is 37.5. The van der Waals surface area contributed by atoms with E-state index in [0.29, 0.717) is 17.5 Å². The number of aromatic nitrogens is 7. The molecule has 0 N–H and O–H groups in total. The molecule has 0 fully saturated rings. The molecule has 8 nitrogen and oxygen atoms in total. The van der Waals surface area contributed by atoms with E-state index in [2.05, 4.69) is 94.1 Å². The van der Waals surface area contributed by atoms with Gasteiger partial charge in [-0.15, -0.1) is 0 Å². The van der Waals surface area contributed by atoms with Crippen LogP contribution in [0.2, 0.25) is 0 Å². The summed E-state index contributed by atoms with van der Waals surface area (Å²) in [5.74, 6) is 1.87. The van der Waals surface area contributed by atoms with Crippen molar-refractivity contribution in [1.82, 2.24) is 34.1 Å². The van der Waals surface area contributed by atoms with Crippen molar-refractivity contribution in [2.24, 2.45) is 0 Å². The van der Waals surface area contributed by atoms with Crippen LogP contribution in [-0.4, -0.2) is 34.1 Å². The first-order valence-electron chi connectivity index (χ1n) is 18.8. The van der Waals surface area contributed by atoms with Crippen LogP contribution in [0.1, 0.15) is 0 Å². The van der Waals surface area contributed by atoms with Gasteiger partial charge in [-0.1, -0.05) is 78.9 Å². The van der Waals surface area contributed by atoms with Crippen LogP contribution in [0, 0.1) is 0 Å². The third kappa shape index (κ3) is 4.77. The lowest BCUT2D eigenvalue weighted by atomic mass is 10.1. The van der Waals surface area contributed by atoms with Gasteiger partial charge in [0.15, 0.2) is 17.5 Å². The van der Waals surface area contributed by atoms with Gasteiger partial charge in [-0.3, -0.25) is 9.97 Å². The summed E-state index contributed by atoms with van der Waals surface area (Å²) >= 11 is 0. The highest BCUT2D eigenvalue weighted by Crippen LogP contribution is 2.44. The zero-order valence-corrected chi connectivity index (χ0v) is 30.3. The molecule has 0 aliphatic carbocycles. The van der Waals surface area contributed by atoms with E-state index in [1.54, 1.807) is 0 Å². The quantitative estimate of drug-likeness (QED) is 0.175. The van der Waals surface area contributed by atoms with Gasteiger partial charge in [0.2, 0.25) is 0 Å². The normalized spacial score (nSPS) is 11.9. The first-order chi connectivity index (χ1) is 28.3. The Morgan fingerprint density at radius 2 is 0.772 bits per heavy atom. The Labute approximate surface area is 325 Å². The van der Waals surface area contributed by atoms with Gasteiger partial charge in [0.05, 0.1) is 32.8 Å². The number of nitrogens with zero attached hydrogens (tertiary/aromatic N) is 7. The number of para-hydroxylation sites is 1. The third-order valence-corrected chi connectivity index (χ3v) is 10.9. The maximum Gasteiger partial charge on any atom is 0.164 e. The molecule has 266 valence electrons. The zero-order valence-electron chi connectivity index (χ0n) is 30.3. The van der Waals surface area contributed by atoms with E-state index < -0.39 is 0 Å². The molecule has 12 rings (SSSR count). The number of hydrogen-bond acceptors (Lipinski definition) is 6. The van der Waals surface area contributed by atoms with Crippen molar-refractivity contribution in [1.29, 1.82) is 0 Å². The lowest BCUT2D eigenvalue weighted by Gasteiger charge is -2.10. The minimum absolute atomic E-state index is 0.608. The smallest absolute Gasteiger partial charge is 0.164 e. The summed E-state index contributed by atoms with van der Waals surface area (Å²) in [5, 5.41) is 4.04. The summed E-state index contributed by atoms with van der Waals surface area (Å²) in [6.07, 6.45) is 3.70. The van der Waals surface area contributed by atoms with Gasteiger partial charge in [0.25, 0.3) is 0 Å². The monoisotopic (exact) mass is 731 g/mol. The van der Waals surface area contributed by atoms with E-state index in [1.165, 1.54) is 0 Å². The van der Waals surface area contributed by atoms with Crippen molar-refractivity contribution in [3.05, 3.63) is 176 Å². The summed E-state index contributed by atoms with van der Waals surface area (Å²) < 4.78 is 11.6. The van der Waals surface area contributed by atoms with E-state index in [1.807, 2.05) is 91.3 Å². The molecule has 0 unspecified atom stereocenters. The van der Waals surface area contributed by atoms with Crippen LogP contribution in [0.15, 0.2) is 181 Å². The number of pyridine rings is 2. The molecule has 8 heteroatoms. The Morgan fingerprint density at radius 3 is 1.25 bits per heavy atom. The Bertz CT molecular complexity index is 3440. The second-order valence-corrected chi connectivity index (χ2v) is 14.1. The molecule has 0 saturated carbocycles. The summed E-state index contributed by atoms with van der Waals surface area (Å²) in [6, 6.07) is 55.8. The second kappa shape index (κ2) is 12.3. The maximum absolute atomic E-state index is 7.04. The SMILES string of the molecule is c1ccc(-c2nc(-c3ccccc3)nc(-c3ccc(-n4c5cccnc5c5c6oc7c(ccc8c7c7ncccc7n8-c7ccccc7)c6ccc54)cc3)n2)cc1. The first-order valence-corrected chi connectivity index (χ1v) is 18.8. The highest BCUT2D eigenvalue weighted by atomic mass is 16.3. The van der Waals surface area contributed by atoms with Crippen molar-refractivity contribution in [3.8, 4) is 45.5 Å². The third-order valence-electron chi connectivity index (χ3n) is 10.9. The minimum Gasteiger partial charge on any atom is -0.454 e. The maximum atomic E-state index is 7.04. The van der Waals surface area contributed by atoms with E-state index >= 15 is 0 Å². The fourth-order valence-corrected chi connectivity index (χ4v) is 8.34. The second-order valence-electron chi connectivity index (χ2n) is 14.1. The summed E-state index contributed by atoms with van der Waals surface area (Å²) in [7, 11) is 0. The van der Waals surface area contributed by atoms with E-state index in [4.69, 9.17) is 29.3 Å². The fraction of sp³-hybridized carbons (Fsp3) is 0. The van der Waals surface area contributed by atoms with Gasteiger partial charge in [-0.25, -0.2) is 15.0 Å². The van der Waals surface area contributed by atoms with E-state index in [-0.39, 0.29) is 0 Å². The lowest BCUT2D eigenvalue weighted by molar-refractivity contribution is 0.677. The average Bonchev–Trinajstić information content (AvgIpc) is 3.95. The molecule has 57 heavy (non-hydrogen) atoms. The number of benzene rings is 6. The number of fused-ring (bicyclic) bond motifs is 11. The Morgan fingerprint density at radius 1 is 0.351 bits per heavy atom. The molecular weight excluding hydrogens is 703 g/mol. The van der Waals surface area contributed by atoms with Crippen LogP contribution in [0.5, 0.6) is 0 Å². The predicted octanol–water partition coefficient (Wildman–Crippen LogP) is 11.8. The Balaban J connectivity index is 1.04. The van der Waals surface area contributed by atoms with Crippen molar-refractivity contribution in [2.45, 2.75) is 0 Å². The van der Waals surface area contributed by atoms with Gasteiger partial charge >= 0.3 is 0 Å². The van der Waals surface area contributed by atoms with Gasteiger partial charge in [-0.05, 0) is 84.9 Å². The van der Waals surface area contributed by atoms with Crippen LogP contribution in [0.25, 0.3) is 111 Å². The van der Waals surface area contributed by atoms with Crippen LogP contribution in [-0.2, 0) is 0 Å². The molecule has 0 aliphatic rings. The van der Waals surface area contributed by atoms with Crippen molar-refractivity contribution in [2.75, 3.05) is 0 Å². The van der Waals surface area contributed by atoms with Gasteiger partial charge in [0, 0.05) is 51.2 Å². The minimum atomic E-state index is 0.608. The lowest BCUT2D eigenvalue weighted by Crippen LogP contribution is -2.00. The van der Waals surface area contributed by atoms with Crippen molar-refractivity contribution >= 4 is 65.8 Å². The van der Waals surface area contributed by atoms with E-state index in [0.717, 1.165) is 93.9 Å². The molecule has 0 radical (unpaired) electrons. The van der Waals surface area contributed by atoms with Crippen LogP contribution in [0.3, 0.4) is 0 Å². The molecule has 6 aromatic carbocycles. The van der Waals surface area contributed by atoms with Crippen molar-refractivity contribution in [3.63, 3.8) is 0 Å². The van der Waals surface area contributed by atoms with Crippen LogP contribution in [0.4, 0.5) is 0 Å². The summed E-state index contributed by atoms with van der Waals surface area (Å²) in [6.45, 7) is 0. The molecule has 0 atom stereocenters. The summed E-state index contributed by atoms with van der Waals surface area (Å²) in [5.41, 5.74) is 12.3. The Hall–Kier alpha value is -7.97. The number of rotatable bonds is 5. The van der Waals surface area contributed by atoms with Gasteiger partial charge < -0.3 is 13.6 Å². The highest BCUT2D eigenvalue weighted by Gasteiger charge is 2.23. The van der Waals surface area contributed by atoms with Crippen molar-refractivity contribution < 1.29 is 4.42 Å². The molecule has 0 bridgehead atoms. The molecule has 6 heterocycles. The molecule has 0 amide bonds. The fourth-order valence-electron chi connectivity index (χ4n) is 8.34. The first kappa shape index (κ1) is 31.4. The number of hydrogen-bond donors (Lipinski definition) is 0. The molecule has 0 spiro atoms. The standard InChI is InChI=1S/C49H29N7O/c1-4-12-30(13-5-1)47-52-48(31-14-6-2-7-15-31)54-49(53-47)32-20-22-34(23-21-32)56-38-27-25-36-35-24-26-37-41(45(35)57-46(36)42(38)44-40(56)19-11-29-51-44)43-39(18-10-28-50-43)55(37)33-16-8-3-9-17-33/h1-29H. The number of furan rings is 1. The van der Waals surface area contributed by atoms with Gasteiger partial charge in [0.1, 0.15) is 22.2 Å². The molecule has 12 aromatic rings. The van der Waals surface area contributed by atoms with Crippen LogP contribution < -0.4 is 0 Å². The van der Waals surface area contributed by atoms with Gasteiger partial charge in [-0.2, -0.15) is 0 Å². The highest BCUT2D eigenvalue weighted by molar-refractivity contribution is 6.28. The van der Waals surface area contributed by atoms with E-state index in [9.17, 15) is 0 Å². The topological polar surface area (TPSA) is 87.5 Å². The van der Waals surface area contributed by atoms with Crippen LogP contribution >= 0.6 is 0 Å². The summed E-state index contributed by atoms with van der Waals surface area (Å²) in [4.78, 5) is 24.6. The molecule has 6 aromatic heterocycles.